The summed E-state index contributed by atoms with van der Waals surface area (Å²) >= 11 is 0. The standard InChI is InChI=1S/C31H43N3O4/c1-5-8-12-29-30(27-23-25(34(36)37)15-18-28(27)32(29)4)31(35)24-13-16-26(17-14-24)38-22-11-21-33(19-9-6-2)20-10-7-3/h13-18,23H,5-12,19-22H2,1-4H3. The highest BCUT2D eigenvalue weighted by atomic mass is 16.6. The SMILES string of the molecule is CCCCc1c(C(=O)c2ccc(OCCCN(CCCC)CCCC)cc2)c2cc([N+](=O)[O-])ccc2n1C. The van der Waals surface area contributed by atoms with E-state index in [1.165, 1.54) is 37.8 Å². The highest BCUT2D eigenvalue weighted by Crippen LogP contribution is 2.32. The zero-order valence-electron chi connectivity index (χ0n) is 23.5. The van der Waals surface area contributed by atoms with Crippen LogP contribution in [-0.2, 0) is 13.5 Å². The predicted molar refractivity (Wildman–Crippen MR) is 154 cm³/mol. The number of ketones is 1. The first kappa shape index (κ1) is 29.4. The first-order valence-electron chi connectivity index (χ1n) is 14.2. The van der Waals surface area contributed by atoms with Crippen molar-refractivity contribution in [2.45, 2.75) is 72.1 Å². The fourth-order valence-corrected chi connectivity index (χ4v) is 4.91. The molecule has 1 aromatic heterocycles. The van der Waals surface area contributed by atoms with E-state index in [1.807, 2.05) is 23.7 Å². The summed E-state index contributed by atoms with van der Waals surface area (Å²) in [6.45, 7) is 10.5. The molecule has 0 unspecified atom stereocenters. The Labute approximate surface area is 226 Å². The molecule has 2 aromatic carbocycles. The van der Waals surface area contributed by atoms with Crippen LogP contribution in [0.25, 0.3) is 10.9 Å². The lowest BCUT2D eigenvalue weighted by molar-refractivity contribution is -0.384. The zero-order chi connectivity index (χ0) is 27.5. The number of rotatable bonds is 17. The lowest BCUT2D eigenvalue weighted by Crippen LogP contribution is -2.28. The number of hydrogen-bond donors (Lipinski definition) is 0. The number of fused-ring (bicyclic) bond motifs is 1. The van der Waals surface area contributed by atoms with Crippen LogP contribution in [0.15, 0.2) is 42.5 Å². The molecule has 0 aliphatic carbocycles. The molecule has 3 rings (SSSR count). The number of nitrogens with zero attached hydrogens (tertiary/aromatic N) is 3. The number of carbonyl (C=O) groups is 1. The van der Waals surface area contributed by atoms with E-state index >= 15 is 0 Å². The van der Waals surface area contributed by atoms with E-state index < -0.39 is 4.92 Å². The smallest absolute Gasteiger partial charge is 0.270 e. The molecule has 0 saturated carbocycles. The van der Waals surface area contributed by atoms with Gasteiger partial charge in [-0.3, -0.25) is 14.9 Å². The number of benzene rings is 2. The van der Waals surface area contributed by atoms with Crippen molar-refractivity contribution in [2.75, 3.05) is 26.2 Å². The van der Waals surface area contributed by atoms with Gasteiger partial charge in [-0.1, -0.05) is 40.0 Å². The largest absolute Gasteiger partial charge is 0.494 e. The van der Waals surface area contributed by atoms with E-state index in [-0.39, 0.29) is 11.5 Å². The first-order chi connectivity index (χ1) is 18.4. The molecule has 0 amide bonds. The molecule has 0 saturated heterocycles. The van der Waals surface area contributed by atoms with Crippen molar-refractivity contribution in [3.8, 4) is 5.75 Å². The Balaban J connectivity index is 1.73. The van der Waals surface area contributed by atoms with Gasteiger partial charge in [0.25, 0.3) is 5.69 Å². The second-order valence-electron chi connectivity index (χ2n) is 10.0. The molecule has 38 heavy (non-hydrogen) atoms. The van der Waals surface area contributed by atoms with Crippen molar-refractivity contribution in [2.24, 2.45) is 7.05 Å². The van der Waals surface area contributed by atoms with E-state index in [4.69, 9.17) is 4.74 Å². The monoisotopic (exact) mass is 521 g/mol. The van der Waals surface area contributed by atoms with Gasteiger partial charge in [-0.2, -0.15) is 0 Å². The van der Waals surface area contributed by atoms with E-state index in [0.717, 1.165) is 62.3 Å². The van der Waals surface area contributed by atoms with Crippen molar-refractivity contribution >= 4 is 22.4 Å². The summed E-state index contributed by atoms with van der Waals surface area (Å²) < 4.78 is 7.99. The summed E-state index contributed by atoms with van der Waals surface area (Å²) in [5.74, 6) is 0.631. The quantitative estimate of drug-likeness (QED) is 0.0804. The maximum Gasteiger partial charge on any atom is 0.270 e. The first-order valence-corrected chi connectivity index (χ1v) is 14.2. The lowest BCUT2D eigenvalue weighted by Gasteiger charge is -2.21. The number of aryl methyl sites for hydroxylation is 1. The fourth-order valence-electron chi connectivity index (χ4n) is 4.91. The van der Waals surface area contributed by atoms with Crippen LogP contribution in [-0.4, -0.2) is 46.4 Å². The van der Waals surface area contributed by atoms with Gasteiger partial charge in [0.1, 0.15) is 5.75 Å². The van der Waals surface area contributed by atoms with Gasteiger partial charge in [0.05, 0.1) is 17.1 Å². The van der Waals surface area contributed by atoms with Crippen LogP contribution in [0, 0.1) is 10.1 Å². The highest BCUT2D eigenvalue weighted by Gasteiger charge is 2.24. The second-order valence-corrected chi connectivity index (χ2v) is 10.0. The molecule has 206 valence electrons. The predicted octanol–water partition coefficient (Wildman–Crippen LogP) is 7.33. The zero-order valence-corrected chi connectivity index (χ0v) is 23.5. The van der Waals surface area contributed by atoms with Crippen LogP contribution in [0.1, 0.15) is 87.3 Å². The highest BCUT2D eigenvalue weighted by molar-refractivity contribution is 6.17. The third kappa shape index (κ3) is 7.44. The summed E-state index contributed by atoms with van der Waals surface area (Å²) in [6, 6.07) is 12.1. The van der Waals surface area contributed by atoms with Crippen LogP contribution < -0.4 is 4.74 Å². The molecule has 0 aliphatic heterocycles. The van der Waals surface area contributed by atoms with Gasteiger partial charge in [0.15, 0.2) is 5.78 Å². The maximum atomic E-state index is 13.7. The molecule has 0 atom stereocenters. The Bertz CT molecular complexity index is 1190. The Morgan fingerprint density at radius 1 is 0.921 bits per heavy atom. The number of hydrogen-bond acceptors (Lipinski definition) is 5. The minimum atomic E-state index is -0.411. The van der Waals surface area contributed by atoms with E-state index in [0.29, 0.717) is 23.1 Å². The van der Waals surface area contributed by atoms with Crippen LogP contribution in [0.4, 0.5) is 5.69 Å². The van der Waals surface area contributed by atoms with Crippen molar-refractivity contribution < 1.29 is 14.5 Å². The molecule has 0 fully saturated rings. The molecule has 1 heterocycles. The van der Waals surface area contributed by atoms with Gasteiger partial charge in [-0.05, 0) is 75.5 Å². The van der Waals surface area contributed by atoms with Crippen molar-refractivity contribution in [1.82, 2.24) is 9.47 Å². The average molecular weight is 522 g/mol. The van der Waals surface area contributed by atoms with E-state index in [9.17, 15) is 14.9 Å². The summed E-state index contributed by atoms with van der Waals surface area (Å²) in [5, 5.41) is 12.1. The van der Waals surface area contributed by atoms with Gasteiger partial charge in [0.2, 0.25) is 0 Å². The number of aromatic nitrogens is 1. The third-order valence-corrected chi connectivity index (χ3v) is 7.17. The van der Waals surface area contributed by atoms with Crippen molar-refractivity contribution in [3.63, 3.8) is 0 Å². The van der Waals surface area contributed by atoms with E-state index in [2.05, 4.69) is 25.7 Å². The molecule has 0 N–H and O–H groups in total. The van der Waals surface area contributed by atoms with Crippen molar-refractivity contribution in [1.29, 1.82) is 0 Å². The van der Waals surface area contributed by atoms with Crippen LogP contribution >= 0.6 is 0 Å². The van der Waals surface area contributed by atoms with Crippen molar-refractivity contribution in [3.05, 3.63) is 69.4 Å². The number of non-ortho nitro benzene ring substituents is 1. The lowest BCUT2D eigenvalue weighted by atomic mass is 9.98. The van der Waals surface area contributed by atoms with Gasteiger partial charge < -0.3 is 14.2 Å². The molecule has 0 bridgehead atoms. The second kappa shape index (κ2) is 14.7. The van der Waals surface area contributed by atoms with Crippen LogP contribution in [0.2, 0.25) is 0 Å². The minimum absolute atomic E-state index is 0.00843. The molecule has 0 radical (unpaired) electrons. The third-order valence-electron chi connectivity index (χ3n) is 7.17. The van der Waals surface area contributed by atoms with Gasteiger partial charge in [0, 0.05) is 47.9 Å². The summed E-state index contributed by atoms with van der Waals surface area (Å²) in [5.41, 5.74) is 2.86. The minimum Gasteiger partial charge on any atom is -0.494 e. The number of nitro benzene ring substituents is 1. The normalized spacial score (nSPS) is 11.4. The molecule has 7 nitrogen and oxygen atoms in total. The Kier molecular flexibility index (Phi) is 11.3. The molecule has 7 heteroatoms. The number of unbranched alkanes of at least 4 members (excludes halogenated alkanes) is 3. The summed E-state index contributed by atoms with van der Waals surface area (Å²) in [7, 11) is 1.93. The van der Waals surface area contributed by atoms with Crippen LogP contribution in [0.3, 0.4) is 0 Å². The summed E-state index contributed by atoms with van der Waals surface area (Å²) in [4.78, 5) is 27.3. The molecule has 0 aliphatic rings. The Morgan fingerprint density at radius 3 is 2.16 bits per heavy atom. The number of carbonyl (C=O) groups excluding carboxylic acids is 1. The maximum absolute atomic E-state index is 13.7. The summed E-state index contributed by atoms with van der Waals surface area (Å²) in [6.07, 6.45) is 8.51. The Morgan fingerprint density at radius 2 is 1.55 bits per heavy atom. The van der Waals surface area contributed by atoms with E-state index in [1.54, 1.807) is 18.2 Å². The number of ether oxygens (including phenoxy) is 1. The van der Waals surface area contributed by atoms with Gasteiger partial charge in [-0.15, -0.1) is 0 Å². The van der Waals surface area contributed by atoms with Crippen LogP contribution in [0.5, 0.6) is 5.75 Å². The number of nitro groups is 1. The average Bonchev–Trinajstić information content (AvgIpc) is 3.21. The molecule has 0 spiro atoms. The fraction of sp³-hybridized carbons (Fsp3) is 0.516. The Hall–Kier alpha value is -3.19. The topological polar surface area (TPSA) is 77.6 Å². The molecular formula is C31H43N3O4. The van der Waals surface area contributed by atoms with Gasteiger partial charge >= 0.3 is 0 Å². The molecule has 3 aromatic rings. The molecular weight excluding hydrogens is 478 g/mol. The van der Waals surface area contributed by atoms with Gasteiger partial charge in [-0.25, -0.2) is 0 Å².